The van der Waals surface area contributed by atoms with E-state index < -0.39 is 0 Å². The van der Waals surface area contributed by atoms with Gasteiger partial charge in [0.2, 0.25) is 0 Å². The lowest BCUT2D eigenvalue weighted by Gasteiger charge is -2.15. The average Bonchev–Trinajstić information content (AvgIpc) is 2.69. The number of hydrogen-bond donors (Lipinski definition) is 1. The quantitative estimate of drug-likeness (QED) is 0.876. The molecule has 0 aliphatic rings. The minimum atomic E-state index is -0.212. The lowest BCUT2D eigenvalue weighted by molar-refractivity contribution is 0.519. The number of nitrogens with zero attached hydrogens (tertiary/aromatic N) is 2. The third kappa shape index (κ3) is 1.92. The number of benzene rings is 1. The molecule has 88 valence electrons. The van der Waals surface area contributed by atoms with Gasteiger partial charge in [-0.25, -0.2) is 0 Å². The van der Waals surface area contributed by atoms with Crippen molar-refractivity contribution < 1.29 is 0 Å². The summed E-state index contributed by atoms with van der Waals surface area (Å²) in [5.74, 6) is -0.124. The van der Waals surface area contributed by atoms with E-state index in [2.05, 4.69) is 22.8 Å². The maximum absolute atomic E-state index is 9.10. The molecule has 0 aliphatic heterocycles. The SMILES string of the molecule is CCC(C#N)C(N)c1cn(C)c2ccccc12. The van der Waals surface area contributed by atoms with E-state index in [4.69, 9.17) is 11.0 Å². The van der Waals surface area contributed by atoms with Gasteiger partial charge in [0.05, 0.1) is 12.0 Å². The van der Waals surface area contributed by atoms with Gasteiger partial charge in [-0.2, -0.15) is 5.26 Å². The molecular formula is C14H17N3. The second kappa shape index (κ2) is 4.60. The van der Waals surface area contributed by atoms with Crippen molar-refractivity contribution in [2.75, 3.05) is 0 Å². The molecule has 2 rings (SSSR count). The Bertz CT molecular complexity index is 562. The number of fused-ring (bicyclic) bond motifs is 1. The first-order chi connectivity index (χ1) is 8.19. The van der Waals surface area contributed by atoms with Crippen LogP contribution in [0, 0.1) is 17.2 Å². The van der Waals surface area contributed by atoms with Crippen molar-refractivity contribution >= 4 is 10.9 Å². The van der Waals surface area contributed by atoms with Gasteiger partial charge in [-0.1, -0.05) is 25.1 Å². The van der Waals surface area contributed by atoms with Crippen LogP contribution in [0.3, 0.4) is 0 Å². The molecule has 17 heavy (non-hydrogen) atoms. The van der Waals surface area contributed by atoms with Crippen LogP contribution in [0.25, 0.3) is 10.9 Å². The Morgan fingerprint density at radius 1 is 1.41 bits per heavy atom. The number of aromatic nitrogens is 1. The van der Waals surface area contributed by atoms with Crippen molar-refractivity contribution in [3.05, 3.63) is 36.0 Å². The lowest BCUT2D eigenvalue weighted by atomic mass is 9.93. The Morgan fingerprint density at radius 3 is 2.76 bits per heavy atom. The van der Waals surface area contributed by atoms with Gasteiger partial charge in [0.15, 0.2) is 0 Å². The monoisotopic (exact) mass is 227 g/mol. The molecule has 2 atom stereocenters. The predicted molar refractivity (Wildman–Crippen MR) is 69.2 cm³/mol. The second-order valence-corrected chi connectivity index (χ2v) is 4.38. The second-order valence-electron chi connectivity index (χ2n) is 4.38. The van der Waals surface area contributed by atoms with Crippen LogP contribution < -0.4 is 5.73 Å². The molecule has 0 saturated carbocycles. The van der Waals surface area contributed by atoms with Crippen LogP contribution in [0.4, 0.5) is 0 Å². The molecule has 0 fully saturated rings. The summed E-state index contributed by atoms with van der Waals surface area (Å²) in [6.45, 7) is 2.00. The highest BCUT2D eigenvalue weighted by Crippen LogP contribution is 2.29. The topological polar surface area (TPSA) is 54.7 Å². The molecule has 0 amide bonds. The fourth-order valence-electron chi connectivity index (χ4n) is 2.28. The molecule has 2 unspecified atom stereocenters. The standard InChI is InChI=1S/C14H17N3/c1-3-10(8-15)14(16)12-9-17(2)13-7-5-4-6-11(12)13/h4-7,9-10,14H,3,16H2,1-2H3. The summed E-state index contributed by atoms with van der Waals surface area (Å²) in [6, 6.07) is 10.2. The number of nitriles is 1. The van der Waals surface area contributed by atoms with Gasteiger partial charge in [0.1, 0.15) is 0 Å². The fraction of sp³-hybridized carbons (Fsp3) is 0.357. The number of aryl methyl sites for hydroxylation is 1. The van der Waals surface area contributed by atoms with Crippen LogP contribution in [0.2, 0.25) is 0 Å². The summed E-state index contributed by atoms with van der Waals surface area (Å²) < 4.78 is 2.06. The van der Waals surface area contributed by atoms with Crippen molar-refractivity contribution in [2.45, 2.75) is 19.4 Å². The van der Waals surface area contributed by atoms with Gasteiger partial charge in [0, 0.05) is 30.2 Å². The normalized spacial score (nSPS) is 14.5. The number of nitrogens with two attached hydrogens (primary N) is 1. The highest BCUT2D eigenvalue weighted by molar-refractivity contribution is 5.84. The van der Waals surface area contributed by atoms with E-state index in [0.717, 1.165) is 22.9 Å². The molecule has 2 N–H and O–H groups in total. The Hall–Kier alpha value is -1.79. The summed E-state index contributed by atoms with van der Waals surface area (Å²) >= 11 is 0. The van der Waals surface area contributed by atoms with E-state index in [-0.39, 0.29) is 12.0 Å². The van der Waals surface area contributed by atoms with E-state index in [9.17, 15) is 0 Å². The average molecular weight is 227 g/mol. The highest BCUT2D eigenvalue weighted by atomic mass is 14.9. The molecule has 0 saturated heterocycles. The number of hydrogen-bond acceptors (Lipinski definition) is 2. The van der Waals surface area contributed by atoms with Crippen LogP contribution in [0.15, 0.2) is 30.5 Å². The number of rotatable bonds is 3. The summed E-state index contributed by atoms with van der Waals surface area (Å²) in [6.07, 6.45) is 2.82. The van der Waals surface area contributed by atoms with E-state index in [1.807, 2.05) is 32.3 Å². The summed E-state index contributed by atoms with van der Waals surface area (Å²) in [5, 5.41) is 10.2. The van der Waals surface area contributed by atoms with Crippen molar-refractivity contribution in [1.29, 1.82) is 5.26 Å². The molecule has 1 heterocycles. The van der Waals surface area contributed by atoms with Gasteiger partial charge in [-0.15, -0.1) is 0 Å². The first kappa shape index (κ1) is 11.7. The minimum Gasteiger partial charge on any atom is -0.350 e. The maximum atomic E-state index is 9.10. The van der Waals surface area contributed by atoms with Gasteiger partial charge in [-0.3, -0.25) is 0 Å². The Balaban J connectivity index is 2.53. The van der Waals surface area contributed by atoms with E-state index in [1.54, 1.807) is 0 Å². The molecule has 1 aromatic carbocycles. The zero-order valence-electron chi connectivity index (χ0n) is 10.2. The van der Waals surface area contributed by atoms with Crippen molar-refractivity contribution in [3.8, 4) is 6.07 Å². The molecular weight excluding hydrogens is 210 g/mol. The summed E-state index contributed by atoms with van der Waals surface area (Å²) in [7, 11) is 2.01. The largest absolute Gasteiger partial charge is 0.350 e. The van der Waals surface area contributed by atoms with Crippen molar-refractivity contribution in [1.82, 2.24) is 4.57 Å². The molecule has 2 aromatic rings. The molecule has 1 aromatic heterocycles. The first-order valence-electron chi connectivity index (χ1n) is 5.88. The highest BCUT2D eigenvalue weighted by Gasteiger charge is 2.20. The first-order valence-corrected chi connectivity index (χ1v) is 5.88. The third-order valence-electron chi connectivity index (χ3n) is 3.33. The molecule has 0 aliphatic carbocycles. The van der Waals surface area contributed by atoms with Gasteiger partial charge in [-0.05, 0) is 18.1 Å². The zero-order valence-corrected chi connectivity index (χ0v) is 10.2. The van der Waals surface area contributed by atoms with Crippen molar-refractivity contribution in [3.63, 3.8) is 0 Å². The smallest absolute Gasteiger partial charge is 0.0675 e. The molecule has 0 bridgehead atoms. The van der Waals surface area contributed by atoms with E-state index in [0.29, 0.717) is 0 Å². The predicted octanol–water partition coefficient (Wildman–Crippen LogP) is 2.73. The van der Waals surface area contributed by atoms with E-state index >= 15 is 0 Å². The zero-order chi connectivity index (χ0) is 12.4. The molecule has 0 spiro atoms. The Morgan fingerprint density at radius 2 is 2.12 bits per heavy atom. The van der Waals surface area contributed by atoms with Crippen molar-refractivity contribution in [2.24, 2.45) is 18.7 Å². The van der Waals surface area contributed by atoms with Gasteiger partial charge < -0.3 is 10.3 Å². The molecule has 0 radical (unpaired) electrons. The Labute approximate surface area is 101 Å². The minimum absolute atomic E-state index is 0.124. The van der Waals surface area contributed by atoms with Crippen LogP contribution in [0.5, 0.6) is 0 Å². The van der Waals surface area contributed by atoms with Crippen LogP contribution in [-0.4, -0.2) is 4.57 Å². The van der Waals surface area contributed by atoms with Crippen LogP contribution >= 0.6 is 0 Å². The Kier molecular flexibility index (Phi) is 3.16. The maximum Gasteiger partial charge on any atom is 0.0675 e. The summed E-state index contributed by atoms with van der Waals surface area (Å²) in [5.41, 5.74) is 8.43. The third-order valence-corrected chi connectivity index (χ3v) is 3.33. The summed E-state index contributed by atoms with van der Waals surface area (Å²) in [4.78, 5) is 0. The fourth-order valence-corrected chi connectivity index (χ4v) is 2.28. The number of para-hydroxylation sites is 1. The molecule has 3 heteroatoms. The lowest BCUT2D eigenvalue weighted by Crippen LogP contribution is -2.19. The van der Waals surface area contributed by atoms with Crippen LogP contribution in [0.1, 0.15) is 24.9 Å². The molecule has 3 nitrogen and oxygen atoms in total. The van der Waals surface area contributed by atoms with Crippen LogP contribution in [-0.2, 0) is 7.05 Å². The van der Waals surface area contributed by atoms with Gasteiger partial charge in [0.25, 0.3) is 0 Å². The van der Waals surface area contributed by atoms with E-state index in [1.165, 1.54) is 0 Å². The van der Waals surface area contributed by atoms with Gasteiger partial charge >= 0.3 is 0 Å².